The molecule has 3 aliphatic rings. The summed E-state index contributed by atoms with van der Waals surface area (Å²) < 4.78 is 0. The summed E-state index contributed by atoms with van der Waals surface area (Å²) in [5.74, 6) is 0.671. The van der Waals surface area contributed by atoms with Gasteiger partial charge in [-0.2, -0.15) is 0 Å². The molecule has 0 saturated carbocycles. The molecule has 0 radical (unpaired) electrons. The summed E-state index contributed by atoms with van der Waals surface area (Å²) in [6, 6.07) is 0. The van der Waals surface area contributed by atoms with Gasteiger partial charge in [0.25, 0.3) is 11.8 Å². The standard InChI is InChI=1S/C17H25N5O2/c1-11-4-7-22(10-11)17(24)13(9-18)16-20-14(8-15(23)21-16)12-2-5-19-6-3-12/h8-9,11-12,18-20H,2-7,10H2,1H3,(H,21,23)/b16-13-,18-9?. The summed E-state index contributed by atoms with van der Waals surface area (Å²) in [6.07, 6.45) is 5.50. The minimum absolute atomic E-state index is 0.191. The van der Waals surface area contributed by atoms with Crippen LogP contribution in [0.15, 0.2) is 23.2 Å². The van der Waals surface area contributed by atoms with Gasteiger partial charge < -0.3 is 26.3 Å². The SMILES string of the molecule is CC1CCN(C(=O)/C(C=N)=C2\NC(=O)C=C(C3CCNCC3)N2)C1. The number of hydrogen-bond donors (Lipinski definition) is 4. The zero-order chi connectivity index (χ0) is 17.1. The van der Waals surface area contributed by atoms with E-state index in [2.05, 4.69) is 22.9 Å². The van der Waals surface area contributed by atoms with E-state index < -0.39 is 0 Å². The molecule has 0 bridgehead atoms. The summed E-state index contributed by atoms with van der Waals surface area (Å²) >= 11 is 0. The van der Waals surface area contributed by atoms with Gasteiger partial charge >= 0.3 is 0 Å². The second-order valence-electron chi connectivity index (χ2n) is 6.82. The normalized spacial score (nSPS) is 27.2. The number of carbonyl (C=O) groups excluding carboxylic acids is 2. The molecule has 3 rings (SSSR count). The zero-order valence-electron chi connectivity index (χ0n) is 14.0. The highest BCUT2D eigenvalue weighted by Crippen LogP contribution is 2.23. The van der Waals surface area contributed by atoms with Crippen molar-refractivity contribution in [2.24, 2.45) is 11.8 Å². The Balaban J connectivity index is 1.81. The van der Waals surface area contributed by atoms with Crippen LogP contribution in [0.25, 0.3) is 0 Å². The number of nitrogens with one attached hydrogen (secondary N) is 4. The quantitative estimate of drug-likeness (QED) is 0.442. The van der Waals surface area contributed by atoms with E-state index in [1.165, 1.54) is 0 Å². The van der Waals surface area contributed by atoms with Gasteiger partial charge in [0.2, 0.25) is 0 Å². The van der Waals surface area contributed by atoms with Crippen LogP contribution in [0.3, 0.4) is 0 Å². The molecule has 1 unspecified atom stereocenters. The monoisotopic (exact) mass is 331 g/mol. The van der Waals surface area contributed by atoms with Gasteiger partial charge in [0, 0.05) is 37.0 Å². The first-order valence-electron chi connectivity index (χ1n) is 8.63. The molecule has 2 saturated heterocycles. The van der Waals surface area contributed by atoms with Crippen LogP contribution in [0.4, 0.5) is 0 Å². The van der Waals surface area contributed by atoms with Crippen LogP contribution in [0.5, 0.6) is 0 Å². The van der Waals surface area contributed by atoms with Crippen molar-refractivity contribution in [3.05, 3.63) is 23.2 Å². The topological polar surface area (TPSA) is 97.3 Å². The van der Waals surface area contributed by atoms with Crippen molar-refractivity contribution in [2.45, 2.75) is 26.2 Å². The van der Waals surface area contributed by atoms with E-state index in [1.54, 1.807) is 11.0 Å². The first-order valence-corrected chi connectivity index (χ1v) is 8.63. The second-order valence-corrected chi connectivity index (χ2v) is 6.82. The highest BCUT2D eigenvalue weighted by atomic mass is 16.2. The summed E-state index contributed by atoms with van der Waals surface area (Å²) in [4.78, 5) is 26.5. The molecule has 7 heteroatoms. The fourth-order valence-electron chi connectivity index (χ4n) is 3.53. The zero-order valence-corrected chi connectivity index (χ0v) is 14.0. The van der Waals surface area contributed by atoms with Gasteiger partial charge in [-0.15, -0.1) is 0 Å². The lowest BCUT2D eigenvalue weighted by atomic mass is 9.93. The molecule has 1 atom stereocenters. The highest BCUT2D eigenvalue weighted by Gasteiger charge is 2.29. The maximum atomic E-state index is 12.7. The van der Waals surface area contributed by atoms with Crippen molar-refractivity contribution in [2.75, 3.05) is 26.2 Å². The smallest absolute Gasteiger partial charge is 0.259 e. The summed E-state index contributed by atoms with van der Waals surface area (Å²) in [6.45, 7) is 5.37. The van der Waals surface area contributed by atoms with Gasteiger partial charge in [-0.1, -0.05) is 6.92 Å². The Labute approximate surface area is 142 Å². The van der Waals surface area contributed by atoms with Crippen LogP contribution < -0.4 is 16.0 Å². The summed E-state index contributed by atoms with van der Waals surface area (Å²) in [5.41, 5.74) is 1.06. The Morgan fingerprint density at radius 1 is 1.29 bits per heavy atom. The van der Waals surface area contributed by atoms with Gasteiger partial charge in [0.15, 0.2) is 0 Å². The molecule has 2 amide bonds. The van der Waals surface area contributed by atoms with Gasteiger partial charge in [-0.25, -0.2) is 0 Å². The number of likely N-dealkylation sites (tertiary alicyclic amines) is 1. The molecular weight excluding hydrogens is 306 g/mol. The van der Waals surface area contributed by atoms with E-state index in [1.807, 2.05) is 0 Å². The Morgan fingerprint density at radius 3 is 2.67 bits per heavy atom. The van der Waals surface area contributed by atoms with Crippen LogP contribution in [-0.4, -0.2) is 49.1 Å². The van der Waals surface area contributed by atoms with Gasteiger partial charge in [-0.05, 0) is 38.3 Å². The van der Waals surface area contributed by atoms with E-state index in [-0.39, 0.29) is 23.3 Å². The third kappa shape index (κ3) is 3.51. The molecule has 7 nitrogen and oxygen atoms in total. The third-order valence-electron chi connectivity index (χ3n) is 4.94. The lowest BCUT2D eigenvalue weighted by Gasteiger charge is -2.30. The third-order valence-corrected chi connectivity index (χ3v) is 4.94. The Bertz CT molecular complexity index is 604. The number of amides is 2. The van der Waals surface area contributed by atoms with Crippen molar-refractivity contribution >= 4 is 18.0 Å². The fourth-order valence-corrected chi connectivity index (χ4v) is 3.53. The van der Waals surface area contributed by atoms with E-state index in [0.717, 1.165) is 44.3 Å². The Kier molecular flexibility index (Phi) is 4.99. The van der Waals surface area contributed by atoms with Crippen LogP contribution >= 0.6 is 0 Å². The van der Waals surface area contributed by atoms with Crippen molar-refractivity contribution in [3.8, 4) is 0 Å². The summed E-state index contributed by atoms with van der Waals surface area (Å²) in [7, 11) is 0. The van der Waals surface area contributed by atoms with Crippen LogP contribution in [0.1, 0.15) is 26.2 Å². The van der Waals surface area contributed by atoms with Gasteiger partial charge in [0.1, 0.15) is 5.82 Å². The Morgan fingerprint density at radius 2 is 2.04 bits per heavy atom. The molecule has 24 heavy (non-hydrogen) atoms. The predicted octanol–water partition coefficient (Wildman–Crippen LogP) is 0.319. The van der Waals surface area contributed by atoms with Crippen LogP contribution in [-0.2, 0) is 9.59 Å². The largest absolute Gasteiger partial charge is 0.344 e. The number of carbonyl (C=O) groups is 2. The minimum Gasteiger partial charge on any atom is -0.344 e. The molecule has 0 aromatic rings. The van der Waals surface area contributed by atoms with Crippen molar-refractivity contribution in [1.29, 1.82) is 5.41 Å². The highest BCUT2D eigenvalue weighted by molar-refractivity contribution is 6.12. The van der Waals surface area contributed by atoms with E-state index in [4.69, 9.17) is 5.41 Å². The molecule has 3 heterocycles. The lowest BCUT2D eigenvalue weighted by Crippen LogP contribution is -2.43. The predicted molar refractivity (Wildman–Crippen MR) is 91.1 cm³/mol. The second kappa shape index (κ2) is 7.17. The minimum atomic E-state index is -0.237. The molecule has 2 fully saturated rings. The molecular formula is C17H25N5O2. The molecule has 3 aliphatic heterocycles. The molecule has 0 spiro atoms. The fraction of sp³-hybridized carbons (Fsp3) is 0.588. The lowest BCUT2D eigenvalue weighted by molar-refractivity contribution is -0.125. The molecule has 4 N–H and O–H groups in total. The van der Waals surface area contributed by atoms with Gasteiger partial charge in [0.05, 0.1) is 5.57 Å². The van der Waals surface area contributed by atoms with E-state index in [9.17, 15) is 9.59 Å². The molecule has 0 aliphatic carbocycles. The van der Waals surface area contributed by atoms with Gasteiger partial charge in [-0.3, -0.25) is 9.59 Å². The number of piperidine rings is 1. The summed E-state index contributed by atoms with van der Waals surface area (Å²) in [5, 5.41) is 16.9. The molecule has 0 aromatic carbocycles. The van der Waals surface area contributed by atoms with Crippen LogP contribution in [0, 0.1) is 17.2 Å². The number of rotatable bonds is 3. The molecule has 130 valence electrons. The van der Waals surface area contributed by atoms with E-state index in [0.29, 0.717) is 24.8 Å². The van der Waals surface area contributed by atoms with Crippen molar-refractivity contribution in [3.63, 3.8) is 0 Å². The van der Waals surface area contributed by atoms with E-state index >= 15 is 0 Å². The maximum absolute atomic E-state index is 12.7. The average Bonchev–Trinajstić information content (AvgIpc) is 3.02. The average molecular weight is 331 g/mol. The maximum Gasteiger partial charge on any atom is 0.259 e. The van der Waals surface area contributed by atoms with Crippen molar-refractivity contribution in [1.82, 2.24) is 20.9 Å². The Hall–Kier alpha value is -2.15. The number of allylic oxidation sites excluding steroid dienone is 1. The number of hydrogen-bond acceptors (Lipinski definition) is 5. The number of nitrogens with zero attached hydrogens (tertiary/aromatic N) is 1. The first-order chi connectivity index (χ1) is 11.6. The molecule has 0 aromatic heterocycles. The van der Waals surface area contributed by atoms with Crippen LogP contribution in [0.2, 0.25) is 0 Å². The first kappa shape index (κ1) is 16.7. The van der Waals surface area contributed by atoms with Crippen molar-refractivity contribution < 1.29 is 9.59 Å².